The lowest BCUT2D eigenvalue weighted by atomic mass is 10.1. The first-order valence-corrected chi connectivity index (χ1v) is 14.5. The van der Waals surface area contributed by atoms with E-state index in [-0.39, 0.29) is 11.9 Å². The Hall–Kier alpha value is -2.36. The van der Waals surface area contributed by atoms with Crippen molar-refractivity contribution in [3.05, 3.63) is 63.0 Å². The monoisotopic (exact) mass is 605 g/mol. The maximum Gasteiger partial charge on any atom is 0.305 e. The van der Waals surface area contributed by atoms with Gasteiger partial charge in [0.1, 0.15) is 4.32 Å². The summed E-state index contributed by atoms with van der Waals surface area (Å²) in [7, 11) is 0. The van der Waals surface area contributed by atoms with Crippen LogP contribution in [0.15, 0.2) is 51.8 Å². The van der Waals surface area contributed by atoms with Crippen LogP contribution < -0.4 is 9.47 Å². The van der Waals surface area contributed by atoms with Crippen molar-refractivity contribution in [1.82, 2.24) is 4.90 Å². The molecule has 37 heavy (non-hydrogen) atoms. The molecule has 0 unspecified atom stereocenters. The molecule has 1 heterocycles. The van der Waals surface area contributed by atoms with Crippen LogP contribution in [0, 0.1) is 0 Å². The number of halogens is 1. The molecule has 1 saturated heterocycles. The van der Waals surface area contributed by atoms with Crippen molar-refractivity contribution in [3.63, 3.8) is 0 Å². The largest absolute Gasteiger partial charge is 0.490 e. The normalized spacial score (nSPS) is 14.4. The maximum atomic E-state index is 13.0. The van der Waals surface area contributed by atoms with Gasteiger partial charge in [-0.2, -0.15) is 0 Å². The van der Waals surface area contributed by atoms with E-state index in [1.54, 1.807) is 11.8 Å². The second-order valence-corrected chi connectivity index (χ2v) is 10.8. The quantitative estimate of drug-likeness (QED) is 0.102. The van der Waals surface area contributed by atoms with Crippen molar-refractivity contribution >= 4 is 62.2 Å². The maximum absolute atomic E-state index is 13.0. The molecule has 1 aliphatic heterocycles. The molecule has 0 aromatic heterocycles. The number of thiocarbonyl (C=S) groups is 1. The standard InChI is InChI=1S/C28H32BrNO5S2/c1-3-33-23-18-21(17-22(29)26(23)35-16-14-20-11-7-5-8-12-20)19-24-27(32)30(28(36)37-24)15-10-6-9-13-25(31)34-4-2/h5,7-8,11-12,17-19H,3-4,6,9-10,13-16H2,1-2H3/b24-19-. The van der Waals surface area contributed by atoms with Crippen LogP contribution in [0.25, 0.3) is 6.08 Å². The molecule has 0 bridgehead atoms. The van der Waals surface area contributed by atoms with Gasteiger partial charge in [-0.1, -0.05) is 60.7 Å². The molecule has 6 nitrogen and oxygen atoms in total. The highest BCUT2D eigenvalue weighted by molar-refractivity contribution is 9.10. The Morgan fingerprint density at radius 3 is 2.59 bits per heavy atom. The second-order valence-electron chi connectivity index (χ2n) is 8.30. The average Bonchev–Trinajstić information content (AvgIpc) is 3.13. The number of thioether (sulfide) groups is 1. The molecule has 198 valence electrons. The van der Waals surface area contributed by atoms with E-state index < -0.39 is 0 Å². The minimum absolute atomic E-state index is 0.0994. The summed E-state index contributed by atoms with van der Waals surface area (Å²) < 4.78 is 18.2. The highest BCUT2D eigenvalue weighted by Crippen LogP contribution is 2.39. The molecule has 1 aliphatic rings. The van der Waals surface area contributed by atoms with Crippen LogP contribution in [0.2, 0.25) is 0 Å². The van der Waals surface area contributed by atoms with Gasteiger partial charge in [0.05, 0.1) is 29.2 Å². The van der Waals surface area contributed by atoms with Crippen LogP contribution in [-0.2, 0) is 20.7 Å². The summed E-state index contributed by atoms with van der Waals surface area (Å²) in [4.78, 5) is 26.7. The summed E-state index contributed by atoms with van der Waals surface area (Å²) in [5.74, 6) is 0.984. The minimum atomic E-state index is -0.179. The minimum Gasteiger partial charge on any atom is -0.490 e. The van der Waals surface area contributed by atoms with Gasteiger partial charge in [-0.3, -0.25) is 14.5 Å². The van der Waals surface area contributed by atoms with Crippen molar-refractivity contribution in [2.75, 3.05) is 26.4 Å². The Morgan fingerprint density at radius 2 is 1.86 bits per heavy atom. The van der Waals surface area contributed by atoms with Crippen LogP contribution in [0.1, 0.15) is 50.7 Å². The van der Waals surface area contributed by atoms with Gasteiger partial charge in [0, 0.05) is 19.4 Å². The van der Waals surface area contributed by atoms with Gasteiger partial charge in [-0.15, -0.1) is 0 Å². The molecule has 2 aromatic carbocycles. The highest BCUT2D eigenvalue weighted by Gasteiger charge is 2.31. The summed E-state index contributed by atoms with van der Waals surface area (Å²) in [6.07, 6.45) is 5.35. The number of carbonyl (C=O) groups excluding carboxylic acids is 2. The molecule has 3 rings (SSSR count). The molecule has 0 atom stereocenters. The third kappa shape index (κ3) is 8.86. The molecule has 2 aromatic rings. The smallest absolute Gasteiger partial charge is 0.305 e. The number of rotatable bonds is 14. The SMILES string of the molecule is CCOC(=O)CCCCCN1C(=O)/C(=C/c2cc(Br)c(OCCc3ccccc3)c(OCC)c2)SC1=S. The number of nitrogens with zero attached hydrogens (tertiary/aromatic N) is 1. The predicted octanol–water partition coefficient (Wildman–Crippen LogP) is 6.79. The van der Waals surface area contributed by atoms with E-state index in [9.17, 15) is 9.59 Å². The molecule has 9 heteroatoms. The van der Waals surface area contributed by atoms with Crippen LogP contribution in [0.3, 0.4) is 0 Å². The molecule has 0 radical (unpaired) electrons. The second kappa shape index (κ2) is 15.1. The van der Waals surface area contributed by atoms with E-state index in [1.807, 2.05) is 43.3 Å². The van der Waals surface area contributed by atoms with Gasteiger partial charge < -0.3 is 14.2 Å². The number of amides is 1. The lowest BCUT2D eigenvalue weighted by Gasteiger charge is -2.15. The zero-order chi connectivity index (χ0) is 26.6. The number of hydrogen-bond donors (Lipinski definition) is 0. The number of benzene rings is 2. The zero-order valence-electron chi connectivity index (χ0n) is 21.2. The van der Waals surface area contributed by atoms with E-state index in [1.165, 1.54) is 17.3 Å². The fourth-order valence-electron chi connectivity index (χ4n) is 3.78. The Kier molecular flexibility index (Phi) is 12.0. The van der Waals surface area contributed by atoms with Crippen molar-refractivity contribution < 1.29 is 23.8 Å². The summed E-state index contributed by atoms with van der Waals surface area (Å²) in [6, 6.07) is 14.0. The van der Waals surface area contributed by atoms with E-state index in [0.717, 1.165) is 35.7 Å². The van der Waals surface area contributed by atoms with Gasteiger partial charge in [-0.05, 0) is 72.0 Å². The zero-order valence-corrected chi connectivity index (χ0v) is 24.4. The molecule has 0 N–H and O–H groups in total. The van der Waals surface area contributed by atoms with Gasteiger partial charge in [0.2, 0.25) is 0 Å². The third-order valence-electron chi connectivity index (χ3n) is 5.55. The first-order valence-electron chi connectivity index (χ1n) is 12.5. The molecule has 0 saturated carbocycles. The summed E-state index contributed by atoms with van der Waals surface area (Å²) >= 11 is 10.4. The Bertz CT molecular complexity index is 1120. The number of unbranched alkanes of at least 4 members (excludes halogenated alkanes) is 2. The van der Waals surface area contributed by atoms with Crippen molar-refractivity contribution in [1.29, 1.82) is 0 Å². The van der Waals surface area contributed by atoms with Crippen molar-refractivity contribution in [3.8, 4) is 11.5 Å². The van der Waals surface area contributed by atoms with E-state index in [0.29, 0.717) is 53.5 Å². The van der Waals surface area contributed by atoms with E-state index in [2.05, 4.69) is 28.1 Å². The fourth-order valence-corrected chi connectivity index (χ4v) is 5.67. The number of carbonyl (C=O) groups is 2. The summed E-state index contributed by atoms with van der Waals surface area (Å²) in [6.45, 7) is 5.66. The van der Waals surface area contributed by atoms with Gasteiger partial charge in [0.15, 0.2) is 11.5 Å². The molecular weight excluding hydrogens is 574 g/mol. The van der Waals surface area contributed by atoms with Gasteiger partial charge in [0.25, 0.3) is 5.91 Å². The van der Waals surface area contributed by atoms with Crippen LogP contribution in [-0.4, -0.2) is 47.5 Å². The Morgan fingerprint density at radius 1 is 1.08 bits per heavy atom. The summed E-state index contributed by atoms with van der Waals surface area (Å²) in [5.41, 5.74) is 2.02. The average molecular weight is 607 g/mol. The van der Waals surface area contributed by atoms with Gasteiger partial charge in [-0.25, -0.2) is 0 Å². The van der Waals surface area contributed by atoms with Crippen LogP contribution in [0.4, 0.5) is 0 Å². The number of hydrogen-bond acceptors (Lipinski definition) is 7. The lowest BCUT2D eigenvalue weighted by Crippen LogP contribution is -2.29. The molecule has 0 aliphatic carbocycles. The molecule has 0 spiro atoms. The summed E-state index contributed by atoms with van der Waals surface area (Å²) in [5, 5.41) is 0. The molecule has 1 fully saturated rings. The fraction of sp³-hybridized carbons (Fsp3) is 0.393. The highest BCUT2D eigenvalue weighted by atomic mass is 79.9. The topological polar surface area (TPSA) is 65.1 Å². The molecular formula is C28H32BrNO5S2. The predicted molar refractivity (Wildman–Crippen MR) is 156 cm³/mol. The van der Waals surface area contributed by atoms with Crippen LogP contribution >= 0.6 is 39.9 Å². The first kappa shape index (κ1) is 29.2. The first-order chi connectivity index (χ1) is 17.9. The van der Waals surface area contributed by atoms with Crippen molar-refractivity contribution in [2.24, 2.45) is 0 Å². The van der Waals surface area contributed by atoms with Gasteiger partial charge >= 0.3 is 5.97 Å². The Labute approximate surface area is 236 Å². The van der Waals surface area contributed by atoms with Crippen LogP contribution in [0.5, 0.6) is 11.5 Å². The number of esters is 1. The van der Waals surface area contributed by atoms with Crippen molar-refractivity contribution in [2.45, 2.75) is 46.0 Å². The molecule has 1 amide bonds. The van der Waals surface area contributed by atoms with E-state index >= 15 is 0 Å². The van der Waals surface area contributed by atoms with E-state index in [4.69, 9.17) is 26.4 Å². The number of ether oxygens (including phenoxy) is 3. The lowest BCUT2D eigenvalue weighted by molar-refractivity contribution is -0.143. The third-order valence-corrected chi connectivity index (χ3v) is 7.52. The Balaban J connectivity index is 1.62.